The van der Waals surface area contributed by atoms with E-state index in [2.05, 4.69) is 36.1 Å². The lowest BCUT2D eigenvalue weighted by atomic mass is 9.94. The molecule has 0 fully saturated rings. The summed E-state index contributed by atoms with van der Waals surface area (Å²) in [4.78, 5) is 11.8. The van der Waals surface area contributed by atoms with Gasteiger partial charge >= 0.3 is 0 Å². The smallest absolute Gasteiger partial charge is 0.218 e. The summed E-state index contributed by atoms with van der Waals surface area (Å²) in [7, 11) is 1.65. The van der Waals surface area contributed by atoms with Gasteiger partial charge in [-0.2, -0.15) is 0 Å². The molecular weight excluding hydrogens is 397 g/mol. The highest BCUT2D eigenvalue weighted by Crippen LogP contribution is 2.38. The second-order valence-electron chi connectivity index (χ2n) is 7.72. The molecule has 0 bridgehead atoms. The molecule has 0 aliphatic carbocycles. The third kappa shape index (κ3) is 3.76. The molecule has 6 heteroatoms. The summed E-state index contributed by atoms with van der Waals surface area (Å²) in [6.07, 6.45) is 2.06. The molecule has 0 spiro atoms. The van der Waals surface area contributed by atoms with E-state index in [9.17, 15) is 4.39 Å². The molecule has 3 aromatic rings. The molecule has 1 aliphatic heterocycles. The number of hydrogen-bond acceptors (Lipinski definition) is 5. The van der Waals surface area contributed by atoms with Crippen LogP contribution < -0.4 is 4.74 Å². The molecule has 1 aromatic heterocycles. The number of benzene rings is 2. The maximum Gasteiger partial charge on any atom is 0.218 e. The van der Waals surface area contributed by atoms with Crippen molar-refractivity contribution < 1.29 is 9.13 Å². The summed E-state index contributed by atoms with van der Waals surface area (Å²) in [6, 6.07) is 15.1. The Labute approximate surface area is 181 Å². The SMILES string of the molecule is COc1nc(-c2ccc3cccc(F)c3c2)ccc1C(C(C)C)N1CCN=C1SC. The lowest BCUT2D eigenvalue weighted by Crippen LogP contribution is -2.34. The van der Waals surface area contributed by atoms with E-state index in [0.717, 1.165) is 40.5 Å². The minimum absolute atomic E-state index is 0.129. The predicted molar refractivity (Wildman–Crippen MR) is 124 cm³/mol. The second-order valence-corrected chi connectivity index (χ2v) is 8.49. The topological polar surface area (TPSA) is 37.7 Å². The highest BCUT2D eigenvalue weighted by molar-refractivity contribution is 8.13. The number of methoxy groups -OCH3 is 1. The predicted octanol–water partition coefficient (Wildman–Crippen LogP) is 5.78. The quantitative estimate of drug-likeness (QED) is 0.521. The van der Waals surface area contributed by atoms with Crippen LogP contribution in [0, 0.1) is 11.7 Å². The second kappa shape index (κ2) is 8.64. The van der Waals surface area contributed by atoms with Crippen LogP contribution in [0.5, 0.6) is 5.88 Å². The molecule has 0 amide bonds. The summed E-state index contributed by atoms with van der Waals surface area (Å²) < 4.78 is 20.0. The Hall–Kier alpha value is -2.60. The van der Waals surface area contributed by atoms with Crippen LogP contribution in [0.1, 0.15) is 25.5 Å². The van der Waals surface area contributed by atoms with Crippen molar-refractivity contribution in [2.75, 3.05) is 26.5 Å². The number of aliphatic imine (C=N–C) groups is 1. The number of hydrogen-bond donors (Lipinski definition) is 0. The molecule has 2 heterocycles. The number of amidine groups is 1. The zero-order valence-corrected chi connectivity index (χ0v) is 18.5. The molecule has 1 atom stereocenters. The van der Waals surface area contributed by atoms with Crippen LogP contribution in [-0.4, -0.2) is 41.5 Å². The van der Waals surface area contributed by atoms with Crippen LogP contribution in [0.3, 0.4) is 0 Å². The maximum absolute atomic E-state index is 14.3. The number of ether oxygens (including phenoxy) is 1. The molecule has 0 saturated heterocycles. The lowest BCUT2D eigenvalue weighted by molar-refractivity contribution is 0.263. The molecule has 1 unspecified atom stereocenters. The number of nitrogens with zero attached hydrogens (tertiary/aromatic N) is 3. The van der Waals surface area contributed by atoms with Crippen LogP contribution in [0.25, 0.3) is 22.0 Å². The van der Waals surface area contributed by atoms with Gasteiger partial charge < -0.3 is 9.64 Å². The van der Waals surface area contributed by atoms with Gasteiger partial charge in [0.1, 0.15) is 5.82 Å². The normalized spacial score (nSPS) is 15.0. The fourth-order valence-electron chi connectivity index (χ4n) is 4.16. The van der Waals surface area contributed by atoms with Gasteiger partial charge in [0.25, 0.3) is 0 Å². The molecule has 156 valence electrons. The molecule has 0 radical (unpaired) electrons. The van der Waals surface area contributed by atoms with Crippen LogP contribution in [-0.2, 0) is 0 Å². The highest BCUT2D eigenvalue weighted by atomic mass is 32.2. The van der Waals surface area contributed by atoms with Crippen LogP contribution in [0.2, 0.25) is 0 Å². The van der Waals surface area contributed by atoms with Crippen LogP contribution >= 0.6 is 11.8 Å². The molecule has 0 N–H and O–H groups in total. The third-order valence-corrected chi connectivity index (χ3v) is 6.24. The number of pyridine rings is 1. The number of fused-ring (bicyclic) bond motifs is 1. The highest BCUT2D eigenvalue weighted by Gasteiger charge is 2.31. The van der Waals surface area contributed by atoms with Gasteiger partial charge in [-0.25, -0.2) is 9.37 Å². The first-order chi connectivity index (χ1) is 14.5. The number of halogens is 1. The van der Waals surface area contributed by atoms with E-state index in [1.807, 2.05) is 30.3 Å². The van der Waals surface area contributed by atoms with Gasteiger partial charge in [-0.15, -0.1) is 0 Å². The first-order valence-electron chi connectivity index (χ1n) is 10.1. The minimum Gasteiger partial charge on any atom is -0.481 e. The Morgan fingerprint density at radius 2 is 1.97 bits per heavy atom. The number of thioether (sulfide) groups is 1. The van der Waals surface area contributed by atoms with E-state index in [0.29, 0.717) is 17.2 Å². The number of aromatic nitrogens is 1. The van der Waals surface area contributed by atoms with Gasteiger partial charge in [0, 0.05) is 23.1 Å². The zero-order valence-electron chi connectivity index (χ0n) is 17.7. The van der Waals surface area contributed by atoms with Crippen molar-refractivity contribution in [3.63, 3.8) is 0 Å². The van der Waals surface area contributed by atoms with Crippen molar-refractivity contribution in [1.82, 2.24) is 9.88 Å². The van der Waals surface area contributed by atoms with E-state index in [1.54, 1.807) is 24.9 Å². The van der Waals surface area contributed by atoms with Crippen molar-refractivity contribution in [2.24, 2.45) is 10.9 Å². The standard InChI is InChI=1S/C24H26FN3OS/c1-15(2)22(28-13-12-26-24(28)30-4)18-10-11-21(27-23(18)29-3)17-9-8-16-6-5-7-20(25)19(16)14-17/h5-11,14-15,22H,12-13H2,1-4H3. The molecular formula is C24H26FN3OS. The molecule has 1 aliphatic rings. The fourth-order valence-corrected chi connectivity index (χ4v) is 4.82. The average Bonchev–Trinajstić information content (AvgIpc) is 3.22. The Kier molecular flexibility index (Phi) is 5.95. The number of rotatable bonds is 5. The molecule has 30 heavy (non-hydrogen) atoms. The van der Waals surface area contributed by atoms with Gasteiger partial charge in [-0.05, 0) is 41.8 Å². The Morgan fingerprint density at radius 3 is 2.70 bits per heavy atom. The summed E-state index contributed by atoms with van der Waals surface area (Å²) >= 11 is 1.68. The van der Waals surface area contributed by atoms with E-state index in [4.69, 9.17) is 9.72 Å². The third-order valence-electron chi connectivity index (χ3n) is 5.51. The molecule has 2 aromatic carbocycles. The summed E-state index contributed by atoms with van der Waals surface area (Å²) in [5.41, 5.74) is 2.68. The summed E-state index contributed by atoms with van der Waals surface area (Å²) in [5, 5.41) is 2.53. The van der Waals surface area contributed by atoms with Crippen molar-refractivity contribution in [3.8, 4) is 17.1 Å². The molecule has 4 rings (SSSR count). The Bertz CT molecular complexity index is 1100. The first kappa shape index (κ1) is 20.7. The Balaban J connectivity index is 1.76. The van der Waals surface area contributed by atoms with Crippen molar-refractivity contribution in [3.05, 3.63) is 59.9 Å². The van der Waals surface area contributed by atoms with Crippen molar-refractivity contribution in [2.45, 2.75) is 19.9 Å². The maximum atomic E-state index is 14.3. The van der Waals surface area contributed by atoms with Gasteiger partial charge in [0.15, 0.2) is 5.17 Å². The van der Waals surface area contributed by atoms with Gasteiger partial charge in [0.2, 0.25) is 5.88 Å². The summed E-state index contributed by atoms with van der Waals surface area (Å²) in [5.74, 6) is 0.736. The van der Waals surface area contributed by atoms with Crippen molar-refractivity contribution >= 4 is 27.7 Å². The fraction of sp³-hybridized carbons (Fsp3) is 0.333. The minimum atomic E-state index is -0.226. The first-order valence-corrected chi connectivity index (χ1v) is 11.3. The Morgan fingerprint density at radius 1 is 1.13 bits per heavy atom. The van der Waals surface area contributed by atoms with Crippen LogP contribution in [0.4, 0.5) is 4.39 Å². The van der Waals surface area contributed by atoms with Gasteiger partial charge in [-0.3, -0.25) is 4.99 Å². The molecule has 4 nitrogen and oxygen atoms in total. The van der Waals surface area contributed by atoms with E-state index in [1.165, 1.54) is 6.07 Å². The van der Waals surface area contributed by atoms with E-state index in [-0.39, 0.29) is 11.9 Å². The largest absolute Gasteiger partial charge is 0.481 e. The zero-order chi connectivity index (χ0) is 21.3. The monoisotopic (exact) mass is 423 g/mol. The summed E-state index contributed by atoms with van der Waals surface area (Å²) in [6.45, 7) is 6.13. The molecule has 0 saturated carbocycles. The van der Waals surface area contributed by atoms with Gasteiger partial charge in [-0.1, -0.05) is 49.9 Å². The van der Waals surface area contributed by atoms with Gasteiger partial charge in [0.05, 0.1) is 25.4 Å². The van der Waals surface area contributed by atoms with Crippen molar-refractivity contribution in [1.29, 1.82) is 0 Å². The van der Waals surface area contributed by atoms with Crippen LogP contribution in [0.15, 0.2) is 53.5 Å². The lowest BCUT2D eigenvalue weighted by Gasteiger charge is -2.33. The average molecular weight is 424 g/mol. The van der Waals surface area contributed by atoms with E-state index < -0.39 is 0 Å². The van der Waals surface area contributed by atoms with E-state index >= 15 is 0 Å².